The van der Waals surface area contributed by atoms with Crippen molar-refractivity contribution >= 4 is 22.9 Å². The average Bonchev–Trinajstić information content (AvgIpc) is 3.62. The van der Waals surface area contributed by atoms with Crippen LogP contribution >= 0.6 is 0 Å². The fourth-order valence-corrected chi connectivity index (χ4v) is 5.89. The standard InChI is InChI=1S/C31H37FN6O3/c1-3-38-24(16-18-34-38)30(39)37-27(20-11-8-6-5-7-9-12-20)29-35-23-15-14-22(26(32)28(23)36-29)25(31(40)41-4-2)21-13-10-17-33-19-21/h10,13-20,25,27H,3-9,11-12H2,1-2H3,(H,35,36)(H,37,39). The first kappa shape index (κ1) is 28.4. The van der Waals surface area contributed by atoms with Gasteiger partial charge in [0.05, 0.1) is 18.2 Å². The van der Waals surface area contributed by atoms with Gasteiger partial charge in [0, 0.05) is 30.7 Å². The Balaban J connectivity index is 1.54. The van der Waals surface area contributed by atoms with Crippen LogP contribution in [0.3, 0.4) is 0 Å². The van der Waals surface area contributed by atoms with Gasteiger partial charge in [-0.25, -0.2) is 9.37 Å². The van der Waals surface area contributed by atoms with Crippen molar-refractivity contribution in [3.05, 3.63) is 77.4 Å². The van der Waals surface area contributed by atoms with Gasteiger partial charge in [0.1, 0.15) is 23.0 Å². The number of benzene rings is 1. The Morgan fingerprint density at radius 2 is 1.88 bits per heavy atom. The lowest BCUT2D eigenvalue weighted by atomic mass is 9.85. The number of ether oxygens (including phenoxy) is 1. The fraction of sp³-hybridized carbons (Fsp3) is 0.452. The van der Waals surface area contributed by atoms with Crippen LogP contribution in [0.25, 0.3) is 11.0 Å². The van der Waals surface area contributed by atoms with Gasteiger partial charge in [0.2, 0.25) is 0 Å². The Morgan fingerprint density at radius 3 is 2.59 bits per heavy atom. The molecule has 0 radical (unpaired) electrons. The molecular formula is C31H37FN6O3. The number of amides is 1. The highest BCUT2D eigenvalue weighted by atomic mass is 19.1. The number of hydrogen-bond donors (Lipinski definition) is 2. The number of carbonyl (C=O) groups is 2. The molecule has 0 bridgehead atoms. The molecule has 2 unspecified atom stereocenters. The number of nitrogens with zero attached hydrogens (tertiary/aromatic N) is 4. The van der Waals surface area contributed by atoms with E-state index in [1.165, 1.54) is 6.42 Å². The van der Waals surface area contributed by atoms with E-state index in [0.29, 0.717) is 29.1 Å². The Bertz CT molecular complexity index is 1480. The number of rotatable bonds is 9. The highest BCUT2D eigenvalue weighted by molar-refractivity contribution is 5.93. The highest BCUT2D eigenvalue weighted by Crippen LogP contribution is 2.35. The third-order valence-corrected chi connectivity index (χ3v) is 7.94. The third kappa shape index (κ3) is 6.16. The molecule has 10 heteroatoms. The molecule has 216 valence electrons. The Morgan fingerprint density at radius 1 is 1.10 bits per heavy atom. The summed E-state index contributed by atoms with van der Waals surface area (Å²) in [7, 11) is 0. The highest BCUT2D eigenvalue weighted by Gasteiger charge is 2.32. The molecule has 1 aromatic carbocycles. The summed E-state index contributed by atoms with van der Waals surface area (Å²) in [5.74, 6) is -1.73. The van der Waals surface area contributed by atoms with Crippen LogP contribution in [-0.4, -0.2) is 43.2 Å². The summed E-state index contributed by atoms with van der Waals surface area (Å²) in [6.45, 7) is 4.40. The number of fused-ring (bicyclic) bond motifs is 1. The van der Waals surface area contributed by atoms with Crippen LogP contribution in [0.2, 0.25) is 0 Å². The van der Waals surface area contributed by atoms with Gasteiger partial charge < -0.3 is 15.0 Å². The smallest absolute Gasteiger partial charge is 0.318 e. The zero-order valence-electron chi connectivity index (χ0n) is 23.6. The number of halogens is 1. The minimum atomic E-state index is -0.983. The molecule has 0 aliphatic heterocycles. The number of aryl methyl sites for hydroxylation is 1. The summed E-state index contributed by atoms with van der Waals surface area (Å²) in [5, 5.41) is 7.45. The lowest BCUT2D eigenvalue weighted by molar-refractivity contribution is -0.143. The molecule has 1 amide bonds. The monoisotopic (exact) mass is 560 g/mol. The first-order valence-electron chi connectivity index (χ1n) is 14.6. The molecule has 3 heterocycles. The predicted molar refractivity (Wildman–Crippen MR) is 153 cm³/mol. The van der Waals surface area contributed by atoms with E-state index in [2.05, 4.69) is 20.4 Å². The molecule has 1 saturated carbocycles. The SMILES string of the molecule is CCOC(=O)C(c1cccnc1)c1ccc2[nH]c(C(NC(=O)c3ccnn3CC)C3CCCCCCC3)nc2c1F. The van der Waals surface area contributed by atoms with E-state index in [4.69, 9.17) is 9.72 Å². The fourth-order valence-electron chi connectivity index (χ4n) is 5.89. The van der Waals surface area contributed by atoms with Gasteiger partial charge >= 0.3 is 5.97 Å². The minimum absolute atomic E-state index is 0.124. The van der Waals surface area contributed by atoms with Crippen molar-refractivity contribution in [2.24, 2.45) is 5.92 Å². The molecule has 5 rings (SSSR count). The molecule has 2 atom stereocenters. The van der Waals surface area contributed by atoms with Crippen LogP contribution in [0.5, 0.6) is 0 Å². The van der Waals surface area contributed by atoms with Crippen molar-refractivity contribution in [2.45, 2.75) is 77.3 Å². The maximum atomic E-state index is 16.2. The zero-order chi connectivity index (χ0) is 28.8. The molecule has 1 fully saturated rings. The van der Waals surface area contributed by atoms with E-state index in [1.54, 1.807) is 60.5 Å². The van der Waals surface area contributed by atoms with Gasteiger partial charge in [-0.15, -0.1) is 0 Å². The van der Waals surface area contributed by atoms with Crippen molar-refractivity contribution in [2.75, 3.05) is 6.61 Å². The van der Waals surface area contributed by atoms with E-state index in [9.17, 15) is 9.59 Å². The maximum absolute atomic E-state index is 16.2. The Labute approximate surface area is 238 Å². The van der Waals surface area contributed by atoms with Gasteiger partial charge in [0.25, 0.3) is 5.91 Å². The molecule has 3 aromatic heterocycles. The molecule has 0 saturated heterocycles. The summed E-state index contributed by atoms with van der Waals surface area (Å²) in [4.78, 5) is 38.6. The Kier molecular flexibility index (Phi) is 9.06. The summed E-state index contributed by atoms with van der Waals surface area (Å²) in [6, 6.07) is 8.03. The average molecular weight is 561 g/mol. The quantitative estimate of drug-likeness (QED) is 0.249. The van der Waals surface area contributed by atoms with Crippen LogP contribution in [0, 0.1) is 11.7 Å². The first-order valence-corrected chi connectivity index (χ1v) is 14.6. The van der Waals surface area contributed by atoms with E-state index < -0.39 is 23.7 Å². The normalized spacial score (nSPS) is 16.1. The minimum Gasteiger partial charge on any atom is -0.465 e. The van der Waals surface area contributed by atoms with Crippen LogP contribution in [0.4, 0.5) is 4.39 Å². The van der Waals surface area contributed by atoms with Gasteiger partial charge in [-0.05, 0) is 56.4 Å². The van der Waals surface area contributed by atoms with Crippen LogP contribution in [0.1, 0.15) is 98.2 Å². The summed E-state index contributed by atoms with van der Waals surface area (Å²) < 4.78 is 23.2. The predicted octanol–water partition coefficient (Wildman–Crippen LogP) is 5.84. The molecule has 1 aliphatic carbocycles. The van der Waals surface area contributed by atoms with Crippen molar-refractivity contribution in [3.63, 3.8) is 0 Å². The van der Waals surface area contributed by atoms with Crippen LogP contribution < -0.4 is 5.32 Å². The van der Waals surface area contributed by atoms with Gasteiger partial charge in [-0.2, -0.15) is 5.10 Å². The zero-order valence-corrected chi connectivity index (χ0v) is 23.6. The molecule has 2 N–H and O–H groups in total. The van der Waals surface area contributed by atoms with E-state index >= 15 is 4.39 Å². The van der Waals surface area contributed by atoms with Crippen molar-refractivity contribution in [1.82, 2.24) is 30.0 Å². The van der Waals surface area contributed by atoms with Crippen LogP contribution in [-0.2, 0) is 16.1 Å². The number of H-pyrrole nitrogens is 1. The maximum Gasteiger partial charge on any atom is 0.318 e. The molecule has 1 aliphatic rings. The summed E-state index contributed by atoms with van der Waals surface area (Å²) >= 11 is 0. The number of imidazole rings is 1. The number of esters is 1. The number of aromatic amines is 1. The van der Waals surface area contributed by atoms with Crippen molar-refractivity contribution in [3.8, 4) is 0 Å². The molecule has 4 aromatic rings. The Hall–Kier alpha value is -4.08. The third-order valence-electron chi connectivity index (χ3n) is 7.94. The van der Waals surface area contributed by atoms with Gasteiger partial charge in [-0.3, -0.25) is 19.3 Å². The molecular weight excluding hydrogens is 523 g/mol. The van der Waals surface area contributed by atoms with Crippen molar-refractivity contribution < 1.29 is 18.7 Å². The van der Waals surface area contributed by atoms with E-state index in [0.717, 1.165) is 38.5 Å². The number of aromatic nitrogens is 5. The summed E-state index contributed by atoms with van der Waals surface area (Å²) in [5.41, 5.74) is 1.80. The first-order chi connectivity index (χ1) is 20.0. The van der Waals surface area contributed by atoms with Crippen molar-refractivity contribution in [1.29, 1.82) is 0 Å². The second kappa shape index (κ2) is 13.1. The number of nitrogens with one attached hydrogen (secondary N) is 2. The van der Waals surface area contributed by atoms with Crippen LogP contribution in [0.15, 0.2) is 48.9 Å². The lowest BCUT2D eigenvalue weighted by Gasteiger charge is -2.28. The second-order valence-electron chi connectivity index (χ2n) is 10.5. The van der Waals surface area contributed by atoms with E-state index in [-0.39, 0.29) is 29.5 Å². The lowest BCUT2D eigenvalue weighted by Crippen LogP contribution is -2.35. The van der Waals surface area contributed by atoms with Gasteiger partial charge in [-0.1, -0.05) is 44.2 Å². The second-order valence-corrected chi connectivity index (χ2v) is 10.5. The number of hydrogen-bond acceptors (Lipinski definition) is 6. The number of carbonyl (C=O) groups excluding carboxylic acids is 2. The molecule has 0 spiro atoms. The largest absolute Gasteiger partial charge is 0.465 e. The molecule has 41 heavy (non-hydrogen) atoms. The number of pyridine rings is 1. The topological polar surface area (TPSA) is 115 Å². The van der Waals surface area contributed by atoms with Gasteiger partial charge in [0.15, 0.2) is 5.82 Å². The summed E-state index contributed by atoms with van der Waals surface area (Å²) in [6.07, 6.45) is 12.3. The molecule has 9 nitrogen and oxygen atoms in total. The van der Waals surface area contributed by atoms with E-state index in [1.807, 2.05) is 6.92 Å².